The number of fused-ring (bicyclic) bond motifs is 4. The molecule has 2 amide bonds. The summed E-state index contributed by atoms with van der Waals surface area (Å²) in [6.07, 6.45) is -1.22. The normalized spacial score (nSPS) is 27.7. The van der Waals surface area contributed by atoms with Crippen molar-refractivity contribution >= 4 is 99.3 Å². The van der Waals surface area contributed by atoms with Gasteiger partial charge in [0.1, 0.15) is 60.7 Å². The highest BCUT2D eigenvalue weighted by Crippen LogP contribution is 2.58. The Bertz CT molecular complexity index is 3450. The molecule has 10 atom stereocenters. The second-order valence-corrected chi connectivity index (χ2v) is 38.7. The van der Waals surface area contributed by atoms with Gasteiger partial charge in [0.05, 0.1) is 44.0 Å². The maximum absolute atomic E-state index is 14.2. The minimum Gasteiger partial charge on any atom is -0.408 e. The van der Waals surface area contributed by atoms with Gasteiger partial charge in [-0.2, -0.15) is 5.26 Å². The standard InChI is InChI=1S/C53H68N10O12P2S2Si2/c1-52(2,3)80(7,8)74-41-37-29-69-77(79,67-26-18-24-54)73-40-36(28-68-76(66,78)72-42(41)50(71-37)63-32-59-39-44(55-30-58-47(39)63)60-48(64)33-19-13-11-14-20-33)70-51(43(40)75-81(9,10)53(4,5)6)62-27-35-23-17-25-61(45-38(35)46(62)57-31-56-45)49(65)34-21-15-12-16-22-34/h11-16,19-22,27,30-32,36-37,40-43,50-51H,17-18,23,25-26,28-29H2,1-10H3,(H,66,78)(H,55,58,60,64)/t36-,37-,40-,41-,42-,43-,50-,51-,76?,77?/m1/s1. The van der Waals surface area contributed by atoms with Gasteiger partial charge in [-0.1, -0.05) is 77.9 Å². The summed E-state index contributed by atoms with van der Waals surface area (Å²) < 4.78 is 65.7. The molecule has 2 aromatic carbocycles. The molecule has 6 aromatic rings. The molecule has 3 saturated heterocycles. The van der Waals surface area contributed by atoms with Crippen LogP contribution in [-0.2, 0) is 71.0 Å². The van der Waals surface area contributed by atoms with E-state index in [1.54, 1.807) is 45.9 Å². The highest BCUT2D eigenvalue weighted by molar-refractivity contribution is 8.07. The van der Waals surface area contributed by atoms with Crippen LogP contribution in [0.4, 0.5) is 11.6 Å². The van der Waals surface area contributed by atoms with Crippen molar-refractivity contribution in [2.24, 2.45) is 0 Å². The van der Waals surface area contributed by atoms with Crippen LogP contribution in [-0.4, -0.2) is 130 Å². The average molecular weight is 1220 g/mol. The second kappa shape index (κ2) is 23.1. The number of benzene rings is 2. The van der Waals surface area contributed by atoms with E-state index in [1.807, 2.05) is 35.0 Å². The van der Waals surface area contributed by atoms with Gasteiger partial charge in [0.2, 0.25) is 0 Å². The van der Waals surface area contributed by atoms with Crippen LogP contribution in [0.5, 0.6) is 0 Å². The monoisotopic (exact) mass is 1220 g/mol. The van der Waals surface area contributed by atoms with Crippen LogP contribution in [0, 0.1) is 11.3 Å². The Labute approximate surface area is 482 Å². The molecular weight excluding hydrogens is 1150 g/mol. The van der Waals surface area contributed by atoms with Crippen LogP contribution >= 0.6 is 13.4 Å². The van der Waals surface area contributed by atoms with E-state index >= 15 is 0 Å². The van der Waals surface area contributed by atoms with Crippen molar-refractivity contribution in [3.05, 3.63) is 103 Å². The summed E-state index contributed by atoms with van der Waals surface area (Å²) in [4.78, 5) is 65.0. The Morgan fingerprint density at radius 3 is 2.10 bits per heavy atom. The molecule has 0 radical (unpaired) electrons. The van der Waals surface area contributed by atoms with Gasteiger partial charge in [0.25, 0.3) is 11.8 Å². The largest absolute Gasteiger partial charge is 0.408 e. The Hall–Kier alpha value is -4.63. The molecule has 28 heteroatoms. The second-order valence-electron chi connectivity index (χ2n) is 23.5. The van der Waals surface area contributed by atoms with Crippen LogP contribution < -0.4 is 10.2 Å². The third-order valence-corrected chi connectivity index (χ3v) is 28.9. The number of carbonyl (C=O) groups excluding carboxylic acids is 2. The molecule has 4 aliphatic rings. The zero-order chi connectivity index (χ0) is 57.9. The number of nitriles is 1. The highest BCUT2D eigenvalue weighted by Gasteiger charge is 2.57. The van der Waals surface area contributed by atoms with Crippen molar-refractivity contribution < 1.29 is 55.4 Å². The molecule has 2 bridgehead atoms. The number of amides is 2. The summed E-state index contributed by atoms with van der Waals surface area (Å²) in [5.74, 6) is 0.00783. The lowest BCUT2D eigenvalue weighted by Crippen LogP contribution is -2.50. The van der Waals surface area contributed by atoms with Crippen LogP contribution in [0.15, 0.2) is 85.8 Å². The van der Waals surface area contributed by atoms with Crippen molar-refractivity contribution in [1.82, 2.24) is 34.1 Å². The molecule has 0 saturated carbocycles. The number of ether oxygens (including phenoxy) is 2. The van der Waals surface area contributed by atoms with Gasteiger partial charge in [0, 0.05) is 23.9 Å². The molecule has 2 N–H and O–H groups in total. The molecule has 10 rings (SSSR count). The third kappa shape index (κ3) is 12.2. The van der Waals surface area contributed by atoms with Crippen LogP contribution in [0.2, 0.25) is 36.3 Å². The molecule has 4 aromatic heterocycles. The van der Waals surface area contributed by atoms with Gasteiger partial charge in [-0.3, -0.25) is 28.1 Å². The molecule has 0 aliphatic carbocycles. The van der Waals surface area contributed by atoms with E-state index in [0.29, 0.717) is 47.4 Å². The minimum absolute atomic E-state index is 0.0405. The number of nitrogens with one attached hydrogen (secondary N) is 1. The maximum Gasteiger partial charge on any atom is 0.327 e. The zero-order valence-electron chi connectivity index (χ0n) is 46.8. The number of nitrogens with zero attached hydrogens (tertiary/aromatic N) is 9. The number of imidazole rings is 1. The smallest absolute Gasteiger partial charge is 0.327 e. The zero-order valence-corrected chi connectivity index (χ0v) is 52.2. The summed E-state index contributed by atoms with van der Waals surface area (Å²) in [6.45, 7) is 12.2. The number of aryl methyl sites for hydroxylation is 1. The lowest BCUT2D eigenvalue weighted by molar-refractivity contribution is -0.0614. The van der Waals surface area contributed by atoms with Gasteiger partial charge >= 0.3 is 13.4 Å². The van der Waals surface area contributed by atoms with E-state index in [4.69, 9.17) is 74.5 Å². The number of carbonyl (C=O) groups is 2. The first-order chi connectivity index (χ1) is 38.3. The molecule has 3 fully saturated rings. The van der Waals surface area contributed by atoms with Crippen LogP contribution in [0.25, 0.3) is 22.2 Å². The predicted octanol–water partition coefficient (Wildman–Crippen LogP) is 9.88. The maximum atomic E-state index is 14.2. The molecule has 432 valence electrons. The third-order valence-electron chi connectivity index (χ3n) is 16.0. The first-order valence-corrected chi connectivity index (χ1v) is 37.8. The number of hydrogen-bond acceptors (Lipinski definition) is 19. The Morgan fingerprint density at radius 1 is 0.790 bits per heavy atom. The fourth-order valence-electron chi connectivity index (χ4n) is 9.74. The van der Waals surface area contributed by atoms with Crippen molar-refractivity contribution in [1.29, 1.82) is 5.26 Å². The number of anilines is 2. The van der Waals surface area contributed by atoms with Crippen LogP contribution in [0.3, 0.4) is 0 Å². The van der Waals surface area contributed by atoms with E-state index < -0.39 is 91.7 Å². The fourth-order valence-corrected chi connectivity index (χ4v) is 15.9. The summed E-state index contributed by atoms with van der Waals surface area (Å²) in [7, 11) is -5.55. The summed E-state index contributed by atoms with van der Waals surface area (Å²) in [5.41, 5.74) is 2.81. The molecule has 4 aliphatic heterocycles. The SMILES string of the molecule is CC(C)(C)[Si](C)(C)O[C@@H]1[C@@H]2OP(=S)(OCCC#N)OC[C@H]3O[C@@H](n4cnc5c(NC(=O)c6ccccc6)ncnc54)[C@H](OP(O)(=S)OC[C@H]2O[C@H]1n1cc2c4c(ncnc41)N(C(=O)c1ccccc1)CCC2)[C@@H]3O[Si](C)(C)C(C)(C)C. The fraction of sp³-hybridized carbons (Fsp3) is 0.509. The first-order valence-electron chi connectivity index (χ1n) is 26.8. The van der Waals surface area contributed by atoms with Crippen molar-refractivity contribution in [3.63, 3.8) is 0 Å². The van der Waals surface area contributed by atoms with Gasteiger partial charge in [0.15, 0.2) is 46.1 Å². The predicted molar refractivity (Wildman–Crippen MR) is 314 cm³/mol. The van der Waals surface area contributed by atoms with E-state index in [2.05, 4.69) is 94.1 Å². The van der Waals surface area contributed by atoms with E-state index in [-0.39, 0.29) is 52.6 Å². The minimum atomic E-state index is -4.36. The lowest BCUT2D eigenvalue weighted by atomic mass is 10.1. The molecule has 81 heavy (non-hydrogen) atoms. The molecule has 0 spiro atoms. The van der Waals surface area contributed by atoms with Gasteiger partial charge in [-0.15, -0.1) is 0 Å². The van der Waals surface area contributed by atoms with Gasteiger partial charge in [-0.25, -0.2) is 24.9 Å². The van der Waals surface area contributed by atoms with E-state index in [0.717, 1.165) is 5.56 Å². The van der Waals surface area contributed by atoms with E-state index in [1.165, 1.54) is 19.0 Å². The summed E-state index contributed by atoms with van der Waals surface area (Å²) in [6, 6.07) is 19.9. The molecule has 8 heterocycles. The molecular formula is C53H68N10O12P2S2Si2. The number of rotatable bonds is 12. The van der Waals surface area contributed by atoms with Crippen molar-refractivity contribution in [2.45, 2.75) is 146 Å². The highest BCUT2D eigenvalue weighted by atomic mass is 32.5. The van der Waals surface area contributed by atoms with Gasteiger partial charge < -0.3 is 46.7 Å². The van der Waals surface area contributed by atoms with Crippen molar-refractivity contribution in [3.8, 4) is 6.07 Å². The quantitative estimate of drug-likeness (QED) is 0.0657. The Balaban J connectivity index is 1.06. The summed E-state index contributed by atoms with van der Waals surface area (Å²) in [5, 5.41) is 12.7. The van der Waals surface area contributed by atoms with E-state index in [9.17, 15) is 19.7 Å². The first kappa shape index (κ1) is 59.5. The number of hydrogen-bond donors (Lipinski definition) is 2. The number of aromatic nitrogens is 7. The summed E-state index contributed by atoms with van der Waals surface area (Å²) >= 11 is 12.4. The topological polar surface area (TPSA) is 251 Å². The van der Waals surface area contributed by atoms with Gasteiger partial charge in [-0.05, 0) is 103 Å². The van der Waals surface area contributed by atoms with Crippen molar-refractivity contribution in [2.75, 3.05) is 36.6 Å². The molecule has 22 nitrogen and oxygen atoms in total. The average Bonchev–Trinajstić information content (AvgIpc) is 4.33. The Kier molecular flexibility index (Phi) is 17.0. The molecule has 2 unspecified atom stereocenters. The lowest BCUT2D eigenvalue weighted by Gasteiger charge is -2.41. The Morgan fingerprint density at radius 2 is 1.42 bits per heavy atom. The van der Waals surface area contributed by atoms with Crippen LogP contribution in [0.1, 0.15) is 93.1 Å².